The van der Waals surface area contributed by atoms with E-state index in [1.165, 1.54) is 22.8 Å². The Balaban J connectivity index is 1.66. The fourth-order valence-corrected chi connectivity index (χ4v) is 4.83. The Labute approximate surface area is 211 Å². The summed E-state index contributed by atoms with van der Waals surface area (Å²) in [6.07, 6.45) is -3.06. The van der Waals surface area contributed by atoms with Crippen LogP contribution in [-0.4, -0.2) is 52.1 Å². The molecule has 5 rings (SSSR count). The molecule has 0 radical (unpaired) electrons. The summed E-state index contributed by atoms with van der Waals surface area (Å²) in [6.45, 7) is 3.17. The molecule has 11 nitrogen and oxygen atoms in total. The Morgan fingerprint density at radius 2 is 1.70 bits per heavy atom. The highest BCUT2D eigenvalue weighted by molar-refractivity contribution is 5.62. The Kier molecular flexibility index (Phi) is 6.54. The van der Waals surface area contributed by atoms with Crippen LogP contribution in [0.3, 0.4) is 0 Å². The lowest BCUT2D eigenvalue weighted by molar-refractivity contribution is -0.200. The van der Waals surface area contributed by atoms with Crippen LogP contribution in [0.1, 0.15) is 25.6 Å². The van der Waals surface area contributed by atoms with Crippen molar-refractivity contribution in [1.82, 2.24) is 9.13 Å². The lowest BCUT2D eigenvalue weighted by atomic mass is 10.1. The van der Waals surface area contributed by atoms with E-state index >= 15 is 0 Å². The lowest BCUT2D eigenvalue weighted by Crippen LogP contribution is -2.44. The molecule has 2 aromatic carbocycles. The number of ether oxygens (including phenoxy) is 4. The van der Waals surface area contributed by atoms with E-state index in [-0.39, 0.29) is 24.5 Å². The first-order chi connectivity index (χ1) is 17.7. The van der Waals surface area contributed by atoms with Crippen LogP contribution in [0.4, 0.5) is 5.69 Å². The highest BCUT2D eigenvalue weighted by Crippen LogP contribution is 2.43. The lowest BCUT2D eigenvalue weighted by Gasteiger charge is -2.26. The first-order valence-corrected chi connectivity index (χ1v) is 11.8. The second-order valence-corrected chi connectivity index (χ2v) is 9.41. The second-order valence-electron chi connectivity index (χ2n) is 9.41. The van der Waals surface area contributed by atoms with Crippen molar-refractivity contribution in [2.75, 3.05) is 13.7 Å². The van der Waals surface area contributed by atoms with E-state index in [4.69, 9.17) is 18.9 Å². The molecular formula is C26H27N3O8. The van der Waals surface area contributed by atoms with Gasteiger partial charge in [-0.3, -0.25) is 13.9 Å². The average Bonchev–Trinajstić information content (AvgIpc) is 3.39. The summed E-state index contributed by atoms with van der Waals surface area (Å²) in [4.78, 5) is 38.1. The molecule has 0 spiro atoms. The van der Waals surface area contributed by atoms with Crippen molar-refractivity contribution in [2.45, 2.75) is 50.7 Å². The smallest absolute Gasteiger partial charge is 0.334 e. The first-order valence-electron chi connectivity index (χ1n) is 11.8. The van der Waals surface area contributed by atoms with Crippen molar-refractivity contribution in [3.8, 4) is 17.0 Å². The number of rotatable bonds is 7. The molecule has 1 N–H and O–H groups in total. The van der Waals surface area contributed by atoms with Crippen LogP contribution in [0.15, 0.2) is 69.4 Å². The number of aliphatic hydroxyl groups excluding tert-OH is 1. The third-order valence-corrected chi connectivity index (χ3v) is 6.55. The van der Waals surface area contributed by atoms with Crippen LogP contribution in [0.5, 0.6) is 5.75 Å². The van der Waals surface area contributed by atoms with Gasteiger partial charge in [-0.25, -0.2) is 4.79 Å². The van der Waals surface area contributed by atoms with Crippen molar-refractivity contribution in [3.63, 3.8) is 0 Å². The van der Waals surface area contributed by atoms with Crippen molar-refractivity contribution >= 4 is 5.69 Å². The molecule has 4 atom stereocenters. The van der Waals surface area contributed by atoms with Crippen LogP contribution in [0, 0.1) is 4.91 Å². The van der Waals surface area contributed by atoms with E-state index in [0.717, 1.165) is 10.1 Å². The zero-order valence-electron chi connectivity index (χ0n) is 20.6. The van der Waals surface area contributed by atoms with E-state index < -0.39 is 41.6 Å². The van der Waals surface area contributed by atoms with E-state index in [9.17, 15) is 19.6 Å². The summed E-state index contributed by atoms with van der Waals surface area (Å²) in [6, 6.07) is 14.6. The van der Waals surface area contributed by atoms with Gasteiger partial charge in [-0.05, 0) is 54.4 Å². The zero-order chi connectivity index (χ0) is 26.3. The van der Waals surface area contributed by atoms with Gasteiger partial charge in [0.2, 0.25) is 0 Å². The number of aromatic nitrogens is 2. The van der Waals surface area contributed by atoms with E-state index in [1.807, 2.05) is 0 Å². The van der Waals surface area contributed by atoms with Crippen molar-refractivity contribution in [1.29, 1.82) is 0 Å². The largest absolute Gasteiger partial charge is 0.497 e. The number of methoxy groups -OCH3 is 1. The summed E-state index contributed by atoms with van der Waals surface area (Å²) >= 11 is 0. The van der Waals surface area contributed by atoms with Crippen LogP contribution in [0.2, 0.25) is 0 Å². The minimum Gasteiger partial charge on any atom is -0.497 e. The van der Waals surface area contributed by atoms with Crippen molar-refractivity contribution in [3.05, 3.63) is 85.9 Å². The minimum atomic E-state index is -0.988. The number of hydrogen-bond acceptors (Lipinski definition) is 9. The summed E-state index contributed by atoms with van der Waals surface area (Å²) in [7, 11) is 1.55. The highest BCUT2D eigenvalue weighted by atomic mass is 16.8. The summed E-state index contributed by atoms with van der Waals surface area (Å²) in [5.41, 5.74) is 0.574. The molecule has 194 valence electrons. The fraction of sp³-hybridized carbons (Fsp3) is 0.385. The van der Waals surface area contributed by atoms with E-state index in [0.29, 0.717) is 11.3 Å². The molecule has 0 amide bonds. The Bertz CT molecular complexity index is 1410. The van der Waals surface area contributed by atoms with Gasteiger partial charge in [0.05, 0.1) is 26.0 Å². The predicted molar refractivity (Wildman–Crippen MR) is 133 cm³/mol. The van der Waals surface area contributed by atoms with Gasteiger partial charge in [0.15, 0.2) is 12.0 Å². The summed E-state index contributed by atoms with van der Waals surface area (Å²) in [5.74, 6) is -0.304. The Morgan fingerprint density at radius 3 is 2.32 bits per heavy atom. The van der Waals surface area contributed by atoms with Crippen LogP contribution < -0.4 is 16.0 Å². The number of hydrogen-bond donors (Lipinski definition) is 1. The normalized spacial score (nSPS) is 24.1. The van der Waals surface area contributed by atoms with Gasteiger partial charge < -0.3 is 24.1 Å². The highest BCUT2D eigenvalue weighted by Gasteiger charge is 2.56. The molecule has 3 aromatic rings. The molecule has 37 heavy (non-hydrogen) atoms. The minimum absolute atomic E-state index is 0.0169. The van der Waals surface area contributed by atoms with Gasteiger partial charge in [0, 0.05) is 6.07 Å². The standard InChI is InChI=1S/C26H27N3O8/c1-26(2)36-22-20(14-30)35-24(23(22)37-26)29-19(16-6-8-17(27-33)9-7-16)12-21(31)28(25(29)32)13-15-4-10-18(34-3)11-5-15/h4-12,20,22-24,30H,13-14H2,1-3H3/t20-,22?,23?,24-/m1/s1. The Morgan fingerprint density at radius 1 is 1.03 bits per heavy atom. The topological polar surface area (TPSA) is 131 Å². The van der Waals surface area contributed by atoms with E-state index in [1.54, 1.807) is 57.4 Å². The number of benzene rings is 2. The first kappa shape index (κ1) is 25.0. The molecular weight excluding hydrogens is 482 g/mol. The molecule has 2 aliphatic rings. The van der Waals surface area contributed by atoms with Gasteiger partial charge in [0.25, 0.3) is 5.56 Å². The third kappa shape index (κ3) is 4.62. The maximum atomic E-state index is 14.0. The fourth-order valence-electron chi connectivity index (χ4n) is 4.83. The maximum absolute atomic E-state index is 14.0. The number of fused-ring (bicyclic) bond motifs is 1. The van der Waals surface area contributed by atoms with Gasteiger partial charge in [-0.1, -0.05) is 24.3 Å². The van der Waals surface area contributed by atoms with Crippen molar-refractivity contribution < 1.29 is 24.1 Å². The van der Waals surface area contributed by atoms with Gasteiger partial charge in [0.1, 0.15) is 29.7 Å². The van der Waals surface area contributed by atoms with Gasteiger partial charge in [-0.2, -0.15) is 0 Å². The third-order valence-electron chi connectivity index (χ3n) is 6.55. The van der Waals surface area contributed by atoms with Crippen LogP contribution >= 0.6 is 0 Å². The quantitative estimate of drug-likeness (QED) is 0.481. The molecule has 2 unspecified atom stereocenters. The number of nitroso groups, excluding NO2 is 1. The Hall–Kier alpha value is -3.64. The number of nitrogens with zero attached hydrogens (tertiary/aromatic N) is 3. The molecule has 0 aliphatic carbocycles. The number of aliphatic hydroxyl groups is 1. The molecule has 2 saturated heterocycles. The molecule has 2 fully saturated rings. The monoisotopic (exact) mass is 509 g/mol. The summed E-state index contributed by atoms with van der Waals surface area (Å²) < 4.78 is 25.8. The molecule has 3 heterocycles. The average molecular weight is 510 g/mol. The van der Waals surface area contributed by atoms with Gasteiger partial charge in [-0.15, -0.1) is 4.91 Å². The predicted octanol–water partition coefficient (Wildman–Crippen LogP) is 2.54. The molecule has 11 heteroatoms. The molecule has 2 aliphatic heterocycles. The maximum Gasteiger partial charge on any atom is 0.334 e. The van der Waals surface area contributed by atoms with Crippen molar-refractivity contribution in [2.24, 2.45) is 5.18 Å². The van der Waals surface area contributed by atoms with E-state index in [2.05, 4.69) is 5.18 Å². The second kappa shape index (κ2) is 9.67. The van der Waals surface area contributed by atoms with Crippen LogP contribution in [0.25, 0.3) is 11.3 Å². The molecule has 0 saturated carbocycles. The summed E-state index contributed by atoms with van der Waals surface area (Å²) in [5, 5.41) is 12.9. The molecule has 1 aromatic heterocycles. The molecule has 0 bridgehead atoms. The zero-order valence-corrected chi connectivity index (χ0v) is 20.6. The van der Waals surface area contributed by atoms with Gasteiger partial charge >= 0.3 is 5.69 Å². The SMILES string of the molecule is COc1ccc(Cn2c(=O)cc(-c3ccc(N=O)cc3)n([C@@H]3O[C@H](CO)C4OC(C)(C)OC43)c2=O)cc1. The van der Waals surface area contributed by atoms with Crippen LogP contribution in [-0.2, 0) is 20.8 Å².